The van der Waals surface area contributed by atoms with Gasteiger partial charge in [-0.25, -0.2) is 4.98 Å². The maximum Gasteiger partial charge on any atom is 0.267 e. The van der Waals surface area contributed by atoms with E-state index in [4.69, 9.17) is 4.98 Å². The fraction of sp³-hybridized carbons (Fsp3) is 0.333. The molecule has 4 rings (SSSR count). The molecule has 1 N–H and O–H groups in total. The van der Waals surface area contributed by atoms with Crippen LogP contribution in [0.25, 0.3) is 10.6 Å². The topological polar surface area (TPSA) is 48.5 Å². The van der Waals surface area contributed by atoms with E-state index in [1.807, 2.05) is 25.1 Å². The number of aromatic nitrogens is 1. The predicted molar refractivity (Wildman–Crippen MR) is 126 cm³/mol. The number of thiazole rings is 1. The molecule has 5 nitrogen and oxygen atoms in total. The Labute approximate surface area is 182 Å². The fourth-order valence-electron chi connectivity index (χ4n) is 3.86. The van der Waals surface area contributed by atoms with Crippen LogP contribution in [-0.2, 0) is 0 Å². The molecular weight excluding hydrogens is 392 g/mol. The van der Waals surface area contributed by atoms with Gasteiger partial charge in [0.1, 0.15) is 9.88 Å². The largest absolute Gasteiger partial charge is 0.367 e. The molecule has 2 aromatic carbocycles. The number of aryl methyl sites for hydroxylation is 3. The summed E-state index contributed by atoms with van der Waals surface area (Å²) in [5, 5.41) is 4.03. The zero-order chi connectivity index (χ0) is 21.3. The molecule has 1 aliphatic rings. The fourth-order valence-corrected chi connectivity index (χ4v) is 4.91. The Morgan fingerprint density at radius 1 is 1.03 bits per heavy atom. The Hall–Kier alpha value is -2.70. The van der Waals surface area contributed by atoms with Crippen LogP contribution in [0, 0.1) is 20.8 Å². The van der Waals surface area contributed by atoms with E-state index in [0.717, 1.165) is 53.8 Å². The van der Waals surface area contributed by atoms with Crippen molar-refractivity contribution in [2.75, 3.05) is 43.4 Å². The molecule has 156 valence electrons. The van der Waals surface area contributed by atoms with E-state index in [1.54, 1.807) is 0 Å². The van der Waals surface area contributed by atoms with Crippen LogP contribution in [0.1, 0.15) is 26.5 Å². The monoisotopic (exact) mass is 420 g/mol. The number of amides is 1. The highest BCUT2D eigenvalue weighted by atomic mass is 32.1. The number of hydrogen-bond acceptors (Lipinski definition) is 5. The molecule has 1 amide bonds. The number of carbonyl (C=O) groups excluding carboxylic acids is 1. The van der Waals surface area contributed by atoms with E-state index in [2.05, 4.69) is 60.3 Å². The molecule has 1 fully saturated rings. The van der Waals surface area contributed by atoms with Crippen LogP contribution in [0.2, 0.25) is 0 Å². The third-order valence-corrected chi connectivity index (χ3v) is 6.80. The van der Waals surface area contributed by atoms with Gasteiger partial charge < -0.3 is 15.1 Å². The van der Waals surface area contributed by atoms with Crippen molar-refractivity contribution in [1.29, 1.82) is 0 Å². The van der Waals surface area contributed by atoms with Crippen LogP contribution in [0.15, 0.2) is 42.5 Å². The number of hydrogen-bond donors (Lipinski definition) is 1. The zero-order valence-electron chi connectivity index (χ0n) is 18.0. The van der Waals surface area contributed by atoms with Crippen LogP contribution in [0.3, 0.4) is 0 Å². The Bertz CT molecular complexity index is 1070. The van der Waals surface area contributed by atoms with Crippen LogP contribution in [0.5, 0.6) is 0 Å². The first-order chi connectivity index (χ1) is 14.4. The molecule has 0 aliphatic carbocycles. The average molecular weight is 421 g/mol. The summed E-state index contributed by atoms with van der Waals surface area (Å²) in [6.07, 6.45) is 0. The molecule has 1 aliphatic heterocycles. The Balaban J connectivity index is 1.57. The molecule has 2 heterocycles. The lowest BCUT2D eigenvalue weighted by Gasteiger charge is -2.35. The number of likely N-dealkylation sites (N-methyl/N-ethyl adjacent to an activating group) is 1. The van der Waals surface area contributed by atoms with Gasteiger partial charge in [-0.2, -0.15) is 0 Å². The lowest BCUT2D eigenvalue weighted by molar-refractivity contribution is 0.103. The van der Waals surface area contributed by atoms with Gasteiger partial charge in [0.25, 0.3) is 5.91 Å². The van der Waals surface area contributed by atoms with Crippen molar-refractivity contribution in [1.82, 2.24) is 9.88 Å². The SMILES string of the molecule is Cc1ccc(-c2nc(C)c(C(=O)Nc3ccccc3N3CCN(C)CC3)s2)c(C)c1. The van der Waals surface area contributed by atoms with Crippen molar-refractivity contribution in [2.24, 2.45) is 0 Å². The maximum absolute atomic E-state index is 13.1. The van der Waals surface area contributed by atoms with Crippen molar-refractivity contribution in [3.63, 3.8) is 0 Å². The minimum atomic E-state index is -0.0948. The number of nitrogens with one attached hydrogen (secondary N) is 1. The second-order valence-corrected chi connectivity index (χ2v) is 9.01. The third kappa shape index (κ3) is 4.25. The number of rotatable bonds is 4. The minimum absolute atomic E-state index is 0.0948. The molecule has 0 atom stereocenters. The standard InChI is InChI=1S/C24H28N4OS/c1-16-9-10-19(17(2)15-16)24-25-18(3)22(30-24)23(29)26-20-7-5-6-8-21(20)28-13-11-27(4)12-14-28/h5-10,15H,11-14H2,1-4H3,(H,26,29). The van der Waals surface area contributed by atoms with Crippen molar-refractivity contribution in [2.45, 2.75) is 20.8 Å². The highest BCUT2D eigenvalue weighted by molar-refractivity contribution is 7.17. The molecule has 3 aromatic rings. The van der Waals surface area contributed by atoms with Crippen LogP contribution < -0.4 is 10.2 Å². The van der Waals surface area contributed by atoms with Crippen molar-refractivity contribution in [3.05, 3.63) is 64.2 Å². The van der Waals surface area contributed by atoms with Gasteiger partial charge in [-0.05, 0) is 45.5 Å². The van der Waals surface area contributed by atoms with Crippen molar-refractivity contribution >= 4 is 28.6 Å². The molecule has 0 spiro atoms. The van der Waals surface area contributed by atoms with Crippen LogP contribution in [-0.4, -0.2) is 49.0 Å². The molecule has 1 saturated heterocycles. The molecule has 30 heavy (non-hydrogen) atoms. The molecule has 0 saturated carbocycles. The first-order valence-corrected chi connectivity index (χ1v) is 11.1. The molecule has 0 unspecified atom stereocenters. The first kappa shape index (κ1) is 20.6. The molecule has 6 heteroatoms. The summed E-state index contributed by atoms with van der Waals surface area (Å²) in [5.74, 6) is -0.0948. The summed E-state index contributed by atoms with van der Waals surface area (Å²) in [5.41, 5.74) is 6.19. The number of para-hydroxylation sites is 2. The van der Waals surface area contributed by atoms with E-state index in [0.29, 0.717) is 4.88 Å². The van der Waals surface area contributed by atoms with Gasteiger partial charge in [-0.15, -0.1) is 11.3 Å². The minimum Gasteiger partial charge on any atom is -0.367 e. The zero-order valence-corrected chi connectivity index (χ0v) is 18.8. The van der Waals surface area contributed by atoms with E-state index >= 15 is 0 Å². The van der Waals surface area contributed by atoms with Crippen molar-refractivity contribution < 1.29 is 4.79 Å². The summed E-state index contributed by atoms with van der Waals surface area (Å²) in [4.78, 5) is 23.2. The smallest absolute Gasteiger partial charge is 0.267 e. The van der Waals surface area contributed by atoms with Gasteiger partial charge in [-0.1, -0.05) is 35.9 Å². The highest BCUT2D eigenvalue weighted by Crippen LogP contribution is 2.32. The van der Waals surface area contributed by atoms with Gasteiger partial charge in [0, 0.05) is 31.7 Å². The van der Waals surface area contributed by atoms with E-state index < -0.39 is 0 Å². The number of anilines is 2. The number of carbonyl (C=O) groups is 1. The van der Waals surface area contributed by atoms with Gasteiger partial charge >= 0.3 is 0 Å². The quantitative estimate of drug-likeness (QED) is 0.662. The first-order valence-electron chi connectivity index (χ1n) is 10.3. The van der Waals surface area contributed by atoms with E-state index in [9.17, 15) is 4.79 Å². The van der Waals surface area contributed by atoms with Gasteiger partial charge in [0.15, 0.2) is 0 Å². The van der Waals surface area contributed by atoms with Gasteiger partial charge in [0.2, 0.25) is 0 Å². The Kier molecular flexibility index (Phi) is 5.88. The highest BCUT2D eigenvalue weighted by Gasteiger charge is 2.21. The van der Waals surface area contributed by atoms with Crippen molar-refractivity contribution in [3.8, 4) is 10.6 Å². The number of piperazine rings is 1. The summed E-state index contributed by atoms with van der Waals surface area (Å²) in [6.45, 7) is 10.0. The second kappa shape index (κ2) is 8.58. The third-order valence-electron chi connectivity index (χ3n) is 5.61. The second-order valence-electron chi connectivity index (χ2n) is 8.01. The van der Waals surface area contributed by atoms with Gasteiger partial charge in [-0.3, -0.25) is 4.79 Å². The Morgan fingerprint density at radius 3 is 2.50 bits per heavy atom. The summed E-state index contributed by atoms with van der Waals surface area (Å²) in [7, 11) is 2.14. The molecule has 0 bridgehead atoms. The molecule has 1 aromatic heterocycles. The molecular formula is C24H28N4OS. The Morgan fingerprint density at radius 2 is 1.77 bits per heavy atom. The lowest BCUT2D eigenvalue weighted by atomic mass is 10.1. The summed E-state index contributed by atoms with van der Waals surface area (Å²) >= 11 is 1.46. The maximum atomic E-state index is 13.1. The number of benzene rings is 2. The van der Waals surface area contributed by atoms with E-state index in [-0.39, 0.29) is 5.91 Å². The average Bonchev–Trinajstić information content (AvgIpc) is 3.10. The number of nitrogens with zero attached hydrogens (tertiary/aromatic N) is 3. The van der Waals surface area contributed by atoms with Crippen LogP contribution in [0.4, 0.5) is 11.4 Å². The normalized spacial score (nSPS) is 14.7. The summed E-state index contributed by atoms with van der Waals surface area (Å²) < 4.78 is 0. The predicted octanol–water partition coefficient (Wildman–Crippen LogP) is 4.74. The van der Waals surface area contributed by atoms with Gasteiger partial charge in [0.05, 0.1) is 17.1 Å². The lowest BCUT2D eigenvalue weighted by Crippen LogP contribution is -2.44. The summed E-state index contributed by atoms with van der Waals surface area (Å²) in [6, 6.07) is 14.4. The van der Waals surface area contributed by atoms with E-state index in [1.165, 1.54) is 22.5 Å². The van der Waals surface area contributed by atoms with Crippen LogP contribution >= 0.6 is 11.3 Å². The molecule has 0 radical (unpaired) electrons.